The van der Waals surface area contributed by atoms with Crippen LogP contribution in [0.5, 0.6) is 0 Å². The SMILES string of the molecule is NC1CCC2SSC2CC(N)C1. The molecular weight excluding hydrogens is 188 g/mol. The smallest absolute Gasteiger partial charge is 0.0293 e. The zero-order valence-electron chi connectivity index (χ0n) is 7.11. The molecule has 2 rings (SSSR count). The molecular formula is C8H16N2S2. The van der Waals surface area contributed by atoms with Gasteiger partial charge >= 0.3 is 0 Å². The number of nitrogens with two attached hydrogens (primary N) is 2. The zero-order valence-corrected chi connectivity index (χ0v) is 8.74. The van der Waals surface area contributed by atoms with Crippen molar-refractivity contribution in [2.45, 2.75) is 48.3 Å². The highest BCUT2D eigenvalue weighted by molar-refractivity contribution is 8.80. The number of rotatable bonds is 0. The first kappa shape index (κ1) is 9.19. The second-order valence-electron chi connectivity index (χ2n) is 3.84. The standard InChI is InChI=1S/C8H16N2S2/c9-5-1-2-7-8(12-11-7)4-6(10)3-5/h5-8H,1-4,9-10H2. The Labute approximate surface area is 81.6 Å². The summed E-state index contributed by atoms with van der Waals surface area (Å²) in [5, 5.41) is 1.69. The maximum atomic E-state index is 5.98. The topological polar surface area (TPSA) is 52.0 Å². The number of hydrogen-bond donors (Lipinski definition) is 2. The molecule has 0 aromatic heterocycles. The first-order valence-corrected chi connectivity index (χ1v) is 6.86. The quantitative estimate of drug-likeness (QED) is 0.585. The molecule has 0 bridgehead atoms. The van der Waals surface area contributed by atoms with Crippen molar-refractivity contribution in [1.29, 1.82) is 0 Å². The van der Waals surface area contributed by atoms with Crippen LogP contribution in [0, 0.1) is 0 Å². The van der Waals surface area contributed by atoms with Gasteiger partial charge < -0.3 is 11.5 Å². The fraction of sp³-hybridized carbons (Fsp3) is 1.00. The number of hydrogen-bond acceptors (Lipinski definition) is 4. The van der Waals surface area contributed by atoms with E-state index in [0.717, 1.165) is 16.9 Å². The minimum atomic E-state index is 0.348. The molecule has 0 radical (unpaired) electrons. The molecule has 4 atom stereocenters. The lowest BCUT2D eigenvalue weighted by atomic mass is 9.93. The van der Waals surface area contributed by atoms with Gasteiger partial charge in [0.05, 0.1) is 0 Å². The van der Waals surface area contributed by atoms with E-state index >= 15 is 0 Å². The van der Waals surface area contributed by atoms with Crippen molar-refractivity contribution in [3.8, 4) is 0 Å². The summed E-state index contributed by atoms with van der Waals surface area (Å²) in [6.07, 6.45) is 4.67. The van der Waals surface area contributed by atoms with Crippen LogP contribution in [0.1, 0.15) is 25.7 Å². The van der Waals surface area contributed by atoms with Crippen LogP contribution >= 0.6 is 21.6 Å². The number of fused-ring (bicyclic) bond motifs is 1. The molecule has 1 aliphatic heterocycles. The minimum absolute atomic E-state index is 0.348. The van der Waals surface area contributed by atoms with Crippen LogP contribution in [-0.4, -0.2) is 22.6 Å². The fourth-order valence-corrected chi connectivity index (χ4v) is 4.95. The lowest BCUT2D eigenvalue weighted by molar-refractivity contribution is 0.422. The van der Waals surface area contributed by atoms with Crippen LogP contribution < -0.4 is 11.5 Å². The Bertz CT molecular complexity index is 165. The molecule has 2 fully saturated rings. The molecule has 1 saturated carbocycles. The highest BCUT2D eigenvalue weighted by Crippen LogP contribution is 2.52. The monoisotopic (exact) mass is 204 g/mol. The molecule has 2 nitrogen and oxygen atoms in total. The van der Waals surface area contributed by atoms with Gasteiger partial charge in [-0.25, -0.2) is 0 Å². The van der Waals surface area contributed by atoms with Crippen LogP contribution in [-0.2, 0) is 0 Å². The zero-order chi connectivity index (χ0) is 8.55. The third-order valence-electron chi connectivity index (χ3n) is 2.68. The maximum Gasteiger partial charge on any atom is 0.0293 e. The maximum absolute atomic E-state index is 5.98. The second kappa shape index (κ2) is 3.78. The summed E-state index contributed by atoms with van der Waals surface area (Å²) in [5.41, 5.74) is 11.9. The highest BCUT2D eigenvalue weighted by Gasteiger charge is 2.35. The molecule has 0 amide bonds. The van der Waals surface area contributed by atoms with Gasteiger partial charge in [-0.1, -0.05) is 21.6 Å². The van der Waals surface area contributed by atoms with Crippen molar-refractivity contribution in [3.05, 3.63) is 0 Å². The normalized spacial score (nSPS) is 48.5. The van der Waals surface area contributed by atoms with Crippen molar-refractivity contribution in [2.75, 3.05) is 0 Å². The van der Waals surface area contributed by atoms with E-state index in [1.807, 2.05) is 21.6 Å². The van der Waals surface area contributed by atoms with Gasteiger partial charge in [0.2, 0.25) is 0 Å². The van der Waals surface area contributed by atoms with Gasteiger partial charge in [0.15, 0.2) is 0 Å². The van der Waals surface area contributed by atoms with E-state index in [9.17, 15) is 0 Å². The van der Waals surface area contributed by atoms with Crippen molar-refractivity contribution >= 4 is 21.6 Å². The largest absolute Gasteiger partial charge is 0.328 e. The average molecular weight is 204 g/mol. The first-order valence-electron chi connectivity index (χ1n) is 4.59. The molecule has 0 aromatic carbocycles. The Balaban J connectivity index is 1.91. The van der Waals surface area contributed by atoms with E-state index in [-0.39, 0.29) is 0 Å². The third kappa shape index (κ3) is 1.92. The van der Waals surface area contributed by atoms with E-state index in [4.69, 9.17) is 11.5 Å². The molecule has 12 heavy (non-hydrogen) atoms. The van der Waals surface area contributed by atoms with Gasteiger partial charge in [-0.3, -0.25) is 0 Å². The van der Waals surface area contributed by atoms with Crippen LogP contribution in [0.3, 0.4) is 0 Å². The first-order chi connectivity index (χ1) is 5.75. The van der Waals surface area contributed by atoms with Gasteiger partial charge in [0.25, 0.3) is 0 Å². The molecule has 0 aromatic rings. The summed E-state index contributed by atoms with van der Waals surface area (Å²) in [5.74, 6) is 0. The van der Waals surface area contributed by atoms with Gasteiger partial charge in [0.1, 0.15) is 0 Å². The van der Waals surface area contributed by atoms with Crippen molar-refractivity contribution < 1.29 is 0 Å². The van der Waals surface area contributed by atoms with E-state index < -0.39 is 0 Å². The summed E-state index contributed by atoms with van der Waals surface area (Å²) in [6, 6.07) is 0.702. The molecule has 1 saturated heterocycles. The molecule has 4 unspecified atom stereocenters. The van der Waals surface area contributed by atoms with Gasteiger partial charge in [-0.2, -0.15) is 0 Å². The predicted octanol–water partition coefficient (Wildman–Crippen LogP) is 1.35. The molecule has 1 aliphatic carbocycles. The summed E-state index contributed by atoms with van der Waals surface area (Å²) in [4.78, 5) is 0. The highest BCUT2D eigenvalue weighted by atomic mass is 33.1. The Kier molecular flexibility index (Phi) is 2.89. The average Bonchev–Trinajstić information content (AvgIpc) is 1.97. The molecule has 70 valence electrons. The molecule has 2 aliphatic rings. The predicted molar refractivity (Wildman–Crippen MR) is 57.2 cm³/mol. The van der Waals surface area contributed by atoms with Gasteiger partial charge in [0, 0.05) is 22.6 Å². The summed E-state index contributed by atoms with van der Waals surface area (Å²) in [7, 11) is 4.03. The van der Waals surface area contributed by atoms with E-state index in [1.165, 1.54) is 19.3 Å². The van der Waals surface area contributed by atoms with Crippen LogP contribution in [0.4, 0.5) is 0 Å². The van der Waals surface area contributed by atoms with E-state index in [1.54, 1.807) is 0 Å². The fourth-order valence-electron chi connectivity index (χ4n) is 1.92. The Morgan fingerprint density at radius 2 is 1.58 bits per heavy atom. The Hall–Kier alpha value is 0.620. The molecule has 1 heterocycles. The van der Waals surface area contributed by atoms with E-state index in [2.05, 4.69) is 0 Å². The Morgan fingerprint density at radius 1 is 0.833 bits per heavy atom. The molecule has 0 spiro atoms. The molecule has 4 N–H and O–H groups in total. The summed E-state index contributed by atoms with van der Waals surface area (Å²) < 4.78 is 0. The second-order valence-corrected chi connectivity index (χ2v) is 6.59. The lowest BCUT2D eigenvalue weighted by Gasteiger charge is -2.39. The summed E-state index contributed by atoms with van der Waals surface area (Å²) >= 11 is 0. The minimum Gasteiger partial charge on any atom is -0.328 e. The van der Waals surface area contributed by atoms with Gasteiger partial charge in [-0.15, -0.1) is 0 Å². The Morgan fingerprint density at radius 3 is 2.25 bits per heavy atom. The molecule has 4 heteroatoms. The third-order valence-corrected chi connectivity index (χ3v) is 6.36. The van der Waals surface area contributed by atoms with E-state index in [0.29, 0.717) is 12.1 Å². The van der Waals surface area contributed by atoms with Crippen LogP contribution in [0.25, 0.3) is 0 Å². The van der Waals surface area contributed by atoms with Crippen LogP contribution in [0.15, 0.2) is 0 Å². The summed E-state index contributed by atoms with van der Waals surface area (Å²) in [6.45, 7) is 0. The van der Waals surface area contributed by atoms with Crippen molar-refractivity contribution in [1.82, 2.24) is 0 Å². The van der Waals surface area contributed by atoms with Crippen molar-refractivity contribution in [2.24, 2.45) is 11.5 Å². The van der Waals surface area contributed by atoms with Crippen molar-refractivity contribution in [3.63, 3.8) is 0 Å². The lowest BCUT2D eigenvalue weighted by Crippen LogP contribution is -2.41. The van der Waals surface area contributed by atoms with Gasteiger partial charge in [-0.05, 0) is 25.7 Å². The van der Waals surface area contributed by atoms with Crippen LogP contribution in [0.2, 0.25) is 0 Å².